The first-order valence-electron chi connectivity index (χ1n) is 10.4. The van der Waals surface area contributed by atoms with Crippen LogP contribution < -0.4 is 14.8 Å². The lowest BCUT2D eigenvalue weighted by Gasteiger charge is -2.12. The summed E-state index contributed by atoms with van der Waals surface area (Å²) < 4.78 is 16.0. The standard InChI is InChI=1S/C24H24N2O5S/c1-15-19(25-22(32-15)17-8-4-3-5-9-17)14-30-20-12-11-16(13-21(20)29-2)7-6-10-18-23(27)31-24(28)26-18/h3-5,8-9,11-13,18H,6-7,10,14H2,1-2H3,(H,26,28). The summed E-state index contributed by atoms with van der Waals surface area (Å²) in [6, 6.07) is 15.3. The molecular formula is C24H24N2O5S. The van der Waals surface area contributed by atoms with Crippen molar-refractivity contribution in [2.45, 2.75) is 38.8 Å². The largest absolute Gasteiger partial charge is 0.493 e. The molecule has 1 atom stereocenters. The molecule has 2 heterocycles. The maximum atomic E-state index is 11.5. The highest BCUT2D eigenvalue weighted by molar-refractivity contribution is 7.15. The summed E-state index contributed by atoms with van der Waals surface area (Å²) >= 11 is 1.65. The van der Waals surface area contributed by atoms with Crippen LogP contribution in [0.5, 0.6) is 11.5 Å². The molecule has 8 heteroatoms. The van der Waals surface area contributed by atoms with Crippen molar-refractivity contribution in [3.63, 3.8) is 0 Å². The molecule has 1 aliphatic heterocycles. The lowest BCUT2D eigenvalue weighted by atomic mass is 10.0. The number of cyclic esters (lactones) is 2. The predicted molar refractivity (Wildman–Crippen MR) is 121 cm³/mol. The number of carbonyl (C=O) groups excluding carboxylic acids is 2. The normalized spacial score (nSPS) is 15.4. The first-order valence-corrected chi connectivity index (χ1v) is 11.2. The first kappa shape index (κ1) is 21.8. The van der Waals surface area contributed by atoms with Crippen LogP contribution in [0, 0.1) is 6.92 Å². The smallest absolute Gasteiger partial charge is 0.415 e. The highest BCUT2D eigenvalue weighted by atomic mass is 32.1. The van der Waals surface area contributed by atoms with Crippen molar-refractivity contribution in [2.75, 3.05) is 7.11 Å². The van der Waals surface area contributed by atoms with Crippen LogP contribution in [-0.4, -0.2) is 30.2 Å². The number of hydrogen-bond donors (Lipinski definition) is 1. The van der Waals surface area contributed by atoms with Crippen molar-refractivity contribution < 1.29 is 23.8 Å². The molecule has 1 aliphatic rings. The van der Waals surface area contributed by atoms with E-state index < -0.39 is 18.1 Å². The van der Waals surface area contributed by atoms with E-state index in [-0.39, 0.29) is 0 Å². The highest BCUT2D eigenvalue weighted by Gasteiger charge is 2.31. The third-order valence-corrected chi connectivity index (χ3v) is 6.30. The van der Waals surface area contributed by atoms with Gasteiger partial charge in [-0.25, -0.2) is 14.6 Å². The number of aromatic nitrogens is 1. The third-order valence-electron chi connectivity index (χ3n) is 5.23. The molecule has 1 saturated heterocycles. The van der Waals surface area contributed by atoms with Crippen molar-refractivity contribution in [3.05, 3.63) is 64.7 Å². The summed E-state index contributed by atoms with van der Waals surface area (Å²) in [5, 5.41) is 3.49. The van der Waals surface area contributed by atoms with Crippen LogP contribution in [0.3, 0.4) is 0 Å². The van der Waals surface area contributed by atoms with Gasteiger partial charge in [-0.2, -0.15) is 0 Å². The number of aryl methyl sites for hydroxylation is 2. The van der Waals surface area contributed by atoms with Gasteiger partial charge in [0.25, 0.3) is 0 Å². The van der Waals surface area contributed by atoms with Crippen LogP contribution in [0.25, 0.3) is 10.6 Å². The number of hydrogen-bond acceptors (Lipinski definition) is 7. The van der Waals surface area contributed by atoms with Crippen LogP contribution in [0.1, 0.15) is 29.0 Å². The minimum atomic E-state index is -0.672. The number of methoxy groups -OCH3 is 1. The van der Waals surface area contributed by atoms with E-state index in [1.807, 2.05) is 55.5 Å². The predicted octanol–water partition coefficient (Wildman–Crippen LogP) is 4.66. The second-order valence-electron chi connectivity index (χ2n) is 7.46. The van der Waals surface area contributed by atoms with Crippen LogP contribution in [0.15, 0.2) is 48.5 Å². The topological polar surface area (TPSA) is 86.8 Å². The first-order chi connectivity index (χ1) is 15.5. The summed E-state index contributed by atoms with van der Waals surface area (Å²) in [7, 11) is 1.61. The van der Waals surface area contributed by atoms with Crippen molar-refractivity contribution >= 4 is 23.4 Å². The van der Waals surface area contributed by atoms with Crippen LogP contribution in [-0.2, 0) is 22.6 Å². The molecule has 2 aromatic carbocycles. The van der Waals surface area contributed by atoms with E-state index in [9.17, 15) is 9.59 Å². The summed E-state index contributed by atoms with van der Waals surface area (Å²) in [5.74, 6) is 0.785. The van der Waals surface area contributed by atoms with Gasteiger partial charge in [-0.3, -0.25) is 0 Å². The molecule has 3 aromatic rings. The lowest BCUT2D eigenvalue weighted by molar-refractivity contribution is -0.135. The second kappa shape index (κ2) is 9.82. The zero-order chi connectivity index (χ0) is 22.5. The van der Waals surface area contributed by atoms with Crippen molar-refractivity contribution in [1.29, 1.82) is 0 Å². The number of ether oxygens (including phenoxy) is 3. The number of rotatable bonds is 9. The van der Waals surface area contributed by atoms with Gasteiger partial charge in [0.2, 0.25) is 0 Å². The fraction of sp³-hybridized carbons (Fsp3) is 0.292. The van der Waals surface area contributed by atoms with Gasteiger partial charge < -0.3 is 19.5 Å². The Labute approximate surface area is 190 Å². The molecule has 32 heavy (non-hydrogen) atoms. The number of nitrogens with one attached hydrogen (secondary N) is 1. The molecule has 1 N–H and O–H groups in total. The summed E-state index contributed by atoms with van der Waals surface area (Å²) in [6.07, 6.45) is 1.32. The molecule has 0 spiro atoms. The Morgan fingerprint density at radius 1 is 1.12 bits per heavy atom. The maximum Gasteiger partial charge on any atom is 0.415 e. The van der Waals surface area contributed by atoms with Gasteiger partial charge in [-0.1, -0.05) is 36.4 Å². The second-order valence-corrected chi connectivity index (χ2v) is 8.66. The molecule has 0 saturated carbocycles. The summed E-state index contributed by atoms with van der Waals surface area (Å²) in [6.45, 7) is 2.40. The Balaban J connectivity index is 1.36. The number of alkyl carbamates (subject to hydrolysis) is 1. The van der Waals surface area contributed by atoms with E-state index in [2.05, 4.69) is 10.1 Å². The SMILES string of the molecule is COc1cc(CCCC2NC(=O)OC2=O)ccc1OCc1nc(-c2ccccc2)sc1C. The number of amides is 1. The third kappa shape index (κ3) is 5.08. The molecule has 4 rings (SSSR count). The number of esters is 1. The Kier molecular flexibility index (Phi) is 6.70. The Morgan fingerprint density at radius 3 is 2.66 bits per heavy atom. The van der Waals surface area contributed by atoms with Crippen molar-refractivity contribution in [1.82, 2.24) is 10.3 Å². The van der Waals surface area contributed by atoms with E-state index in [4.69, 9.17) is 14.5 Å². The Morgan fingerprint density at radius 2 is 1.94 bits per heavy atom. The average Bonchev–Trinajstić information content (AvgIpc) is 3.33. The van der Waals surface area contributed by atoms with Crippen LogP contribution >= 0.6 is 11.3 Å². The zero-order valence-electron chi connectivity index (χ0n) is 17.9. The minimum Gasteiger partial charge on any atom is -0.493 e. The number of nitrogens with zero attached hydrogens (tertiary/aromatic N) is 1. The number of carbonyl (C=O) groups is 2. The molecule has 0 bridgehead atoms. The summed E-state index contributed by atoms with van der Waals surface area (Å²) in [5.41, 5.74) is 3.06. The van der Waals surface area contributed by atoms with Gasteiger partial charge in [0, 0.05) is 10.4 Å². The number of thiazole rings is 1. The molecule has 1 aromatic heterocycles. The van der Waals surface area contributed by atoms with Crippen LogP contribution in [0.4, 0.5) is 4.79 Å². The van der Waals surface area contributed by atoms with Gasteiger partial charge in [-0.15, -0.1) is 11.3 Å². The van der Waals surface area contributed by atoms with Gasteiger partial charge in [-0.05, 0) is 43.9 Å². The molecule has 1 amide bonds. The molecule has 166 valence electrons. The molecule has 7 nitrogen and oxygen atoms in total. The minimum absolute atomic E-state index is 0.356. The monoisotopic (exact) mass is 452 g/mol. The fourth-order valence-corrected chi connectivity index (χ4v) is 4.41. The quantitative estimate of drug-likeness (QED) is 0.375. The Hall–Kier alpha value is -3.39. The van der Waals surface area contributed by atoms with E-state index >= 15 is 0 Å². The average molecular weight is 453 g/mol. The van der Waals surface area contributed by atoms with Gasteiger partial charge in [0.05, 0.1) is 12.8 Å². The fourth-order valence-electron chi connectivity index (χ4n) is 3.49. The molecular weight excluding hydrogens is 428 g/mol. The molecule has 1 unspecified atom stereocenters. The van der Waals surface area contributed by atoms with Gasteiger partial charge >= 0.3 is 12.1 Å². The van der Waals surface area contributed by atoms with E-state index in [0.717, 1.165) is 39.5 Å². The van der Waals surface area contributed by atoms with Crippen molar-refractivity contribution in [2.24, 2.45) is 0 Å². The van der Waals surface area contributed by atoms with Gasteiger partial charge in [0.1, 0.15) is 17.7 Å². The molecule has 0 aliphatic carbocycles. The summed E-state index contributed by atoms with van der Waals surface area (Å²) in [4.78, 5) is 28.5. The van der Waals surface area contributed by atoms with E-state index in [1.165, 1.54) is 0 Å². The number of benzene rings is 2. The molecule has 0 radical (unpaired) electrons. The van der Waals surface area contributed by atoms with Crippen LogP contribution in [0.2, 0.25) is 0 Å². The highest BCUT2D eigenvalue weighted by Crippen LogP contribution is 2.32. The molecule has 1 fully saturated rings. The van der Waals surface area contributed by atoms with Crippen molar-refractivity contribution in [3.8, 4) is 22.1 Å². The van der Waals surface area contributed by atoms with E-state index in [0.29, 0.717) is 24.5 Å². The Bertz CT molecular complexity index is 1110. The maximum absolute atomic E-state index is 11.5. The zero-order valence-corrected chi connectivity index (χ0v) is 18.7. The lowest BCUT2D eigenvalue weighted by Crippen LogP contribution is -2.28. The van der Waals surface area contributed by atoms with E-state index in [1.54, 1.807) is 18.4 Å². The van der Waals surface area contributed by atoms with Gasteiger partial charge in [0.15, 0.2) is 11.5 Å².